The molecule has 136 valence electrons. The van der Waals surface area contributed by atoms with E-state index in [1.165, 1.54) is 12.1 Å². The van der Waals surface area contributed by atoms with Crippen molar-refractivity contribution in [2.75, 3.05) is 13.1 Å². The number of hydrogen-bond donors (Lipinski definition) is 1. The molecule has 1 fully saturated rings. The molecule has 0 aliphatic carbocycles. The summed E-state index contributed by atoms with van der Waals surface area (Å²) in [7, 11) is 0. The van der Waals surface area contributed by atoms with Gasteiger partial charge < -0.3 is 4.90 Å². The summed E-state index contributed by atoms with van der Waals surface area (Å²) in [5, 5.41) is 7.24. The molecule has 1 atom stereocenters. The maximum Gasteiger partial charge on any atom is 0.255 e. The van der Waals surface area contributed by atoms with Crippen molar-refractivity contribution in [1.82, 2.24) is 20.0 Å². The summed E-state index contributed by atoms with van der Waals surface area (Å²) in [6.07, 6.45) is 2.73. The summed E-state index contributed by atoms with van der Waals surface area (Å²) in [5.74, 6) is -0.140. The minimum absolute atomic E-state index is 0.0292. The second-order valence-corrected chi connectivity index (χ2v) is 7.06. The number of amides is 1. The zero-order valence-electron chi connectivity index (χ0n) is 14.7. The van der Waals surface area contributed by atoms with Crippen LogP contribution in [0.5, 0.6) is 0 Å². The van der Waals surface area contributed by atoms with E-state index >= 15 is 0 Å². The topological polar surface area (TPSA) is 52.2 Å². The van der Waals surface area contributed by atoms with Gasteiger partial charge in [-0.1, -0.05) is 18.2 Å². The number of hydrogen-bond acceptors (Lipinski definition) is 3. The third kappa shape index (κ3) is 2.64. The van der Waals surface area contributed by atoms with E-state index in [1.54, 1.807) is 12.1 Å². The van der Waals surface area contributed by atoms with Crippen LogP contribution in [-0.2, 0) is 6.54 Å². The number of carbonyl (C=O) groups excluding carboxylic acids is 1. The SMILES string of the molecule is O=C1c2ccccc2[C@@H]2N(Cc3cn[nH]c3-c3ccc(F)cc3)CCCN12. The molecule has 1 aromatic heterocycles. The van der Waals surface area contributed by atoms with E-state index in [0.29, 0.717) is 6.54 Å². The Balaban J connectivity index is 1.48. The number of fused-ring (bicyclic) bond motifs is 3. The molecular weight excluding hydrogens is 343 g/mol. The van der Waals surface area contributed by atoms with Gasteiger partial charge in [0.15, 0.2) is 0 Å². The molecule has 5 nitrogen and oxygen atoms in total. The third-order valence-corrected chi connectivity index (χ3v) is 5.44. The van der Waals surface area contributed by atoms with Gasteiger partial charge in [0.25, 0.3) is 5.91 Å². The Labute approximate surface area is 156 Å². The largest absolute Gasteiger partial charge is 0.319 e. The number of halogens is 1. The molecule has 1 saturated heterocycles. The first kappa shape index (κ1) is 16.2. The van der Waals surface area contributed by atoms with Crippen molar-refractivity contribution in [2.24, 2.45) is 0 Å². The van der Waals surface area contributed by atoms with Gasteiger partial charge in [0, 0.05) is 41.9 Å². The number of aromatic nitrogens is 2. The number of benzene rings is 2. The van der Waals surface area contributed by atoms with Crippen LogP contribution in [0.3, 0.4) is 0 Å². The monoisotopic (exact) mass is 362 g/mol. The van der Waals surface area contributed by atoms with Crippen LogP contribution in [-0.4, -0.2) is 39.0 Å². The van der Waals surface area contributed by atoms with Crippen molar-refractivity contribution in [1.29, 1.82) is 0 Å². The maximum atomic E-state index is 13.3. The van der Waals surface area contributed by atoms with Crippen molar-refractivity contribution >= 4 is 5.91 Å². The Bertz CT molecular complexity index is 997. The number of carbonyl (C=O) groups is 1. The highest BCUT2D eigenvalue weighted by Crippen LogP contribution is 2.39. The highest BCUT2D eigenvalue weighted by atomic mass is 19.1. The zero-order valence-corrected chi connectivity index (χ0v) is 14.7. The van der Waals surface area contributed by atoms with E-state index < -0.39 is 0 Å². The maximum absolute atomic E-state index is 13.3. The van der Waals surface area contributed by atoms with Crippen molar-refractivity contribution < 1.29 is 9.18 Å². The van der Waals surface area contributed by atoms with E-state index in [-0.39, 0.29) is 17.9 Å². The van der Waals surface area contributed by atoms with Crippen LogP contribution in [0, 0.1) is 5.82 Å². The zero-order chi connectivity index (χ0) is 18.4. The van der Waals surface area contributed by atoms with Gasteiger partial charge in [0.2, 0.25) is 0 Å². The molecule has 3 aromatic rings. The minimum Gasteiger partial charge on any atom is -0.319 e. The van der Waals surface area contributed by atoms with Crippen LogP contribution in [0.2, 0.25) is 0 Å². The molecule has 3 heterocycles. The lowest BCUT2D eigenvalue weighted by Crippen LogP contribution is -2.45. The molecule has 6 heteroatoms. The molecule has 2 aliphatic rings. The molecule has 1 amide bonds. The molecule has 0 radical (unpaired) electrons. The molecular formula is C21H19FN4O. The molecule has 2 aliphatic heterocycles. The summed E-state index contributed by atoms with van der Waals surface area (Å²) in [6, 6.07) is 14.3. The fourth-order valence-electron chi connectivity index (χ4n) is 4.22. The van der Waals surface area contributed by atoms with Gasteiger partial charge in [-0.2, -0.15) is 5.10 Å². The molecule has 1 N–H and O–H groups in total. The van der Waals surface area contributed by atoms with Crippen LogP contribution in [0.15, 0.2) is 54.7 Å². The third-order valence-electron chi connectivity index (χ3n) is 5.44. The first-order valence-electron chi connectivity index (χ1n) is 9.14. The van der Waals surface area contributed by atoms with Gasteiger partial charge in [0.1, 0.15) is 12.0 Å². The molecule has 2 aromatic carbocycles. The van der Waals surface area contributed by atoms with E-state index in [1.807, 2.05) is 35.4 Å². The number of nitrogens with zero attached hydrogens (tertiary/aromatic N) is 3. The molecule has 5 rings (SSSR count). The molecule has 0 unspecified atom stereocenters. The van der Waals surface area contributed by atoms with Crippen molar-refractivity contribution in [2.45, 2.75) is 19.1 Å². The lowest BCUT2D eigenvalue weighted by molar-refractivity contribution is 0.0125. The highest BCUT2D eigenvalue weighted by molar-refractivity contribution is 5.99. The predicted molar refractivity (Wildman–Crippen MR) is 99.2 cm³/mol. The fourth-order valence-corrected chi connectivity index (χ4v) is 4.22. The van der Waals surface area contributed by atoms with Crippen LogP contribution < -0.4 is 0 Å². The average molecular weight is 362 g/mol. The van der Waals surface area contributed by atoms with Gasteiger partial charge >= 0.3 is 0 Å². The Morgan fingerprint density at radius 2 is 1.93 bits per heavy atom. The van der Waals surface area contributed by atoms with Crippen LogP contribution >= 0.6 is 0 Å². The smallest absolute Gasteiger partial charge is 0.255 e. The summed E-state index contributed by atoms with van der Waals surface area (Å²) in [6.45, 7) is 2.37. The summed E-state index contributed by atoms with van der Waals surface area (Å²) >= 11 is 0. The van der Waals surface area contributed by atoms with Gasteiger partial charge in [-0.3, -0.25) is 14.8 Å². The second-order valence-electron chi connectivity index (χ2n) is 7.06. The van der Waals surface area contributed by atoms with Crippen molar-refractivity contribution in [3.63, 3.8) is 0 Å². The van der Waals surface area contributed by atoms with Crippen LogP contribution in [0.1, 0.15) is 34.1 Å². The van der Waals surface area contributed by atoms with Crippen molar-refractivity contribution in [3.05, 3.63) is 77.2 Å². The predicted octanol–water partition coefficient (Wildman–Crippen LogP) is 3.58. The van der Waals surface area contributed by atoms with E-state index in [9.17, 15) is 9.18 Å². The Morgan fingerprint density at radius 3 is 2.78 bits per heavy atom. The second kappa shape index (κ2) is 6.32. The normalized spacial score (nSPS) is 19.2. The van der Waals surface area contributed by atoms with Gasteiger partial charge in [0.05, 0.1) is 11.9 Å². The summed E-state index contributed by atoms with van der Waals surface area (Å²) in [4.78, 5) is 17.0. The molecule has 0 bridgehead atoms. The van der Waals surface area contributed by atoms with Crippen molar-refractivity contribution in [3.8, 4) is 11.3 Å². The number of nitrogens with one attached hydrogen (secondary N) is 1. The first-order chi connectivity index (χ1) is 13.2. The highest BCUT2D eigenvalue weighted by Gasteiger charge is 2.41. The standard InChI is InChI=1S/C21H19FN4O/c22-16-8-6-14(7-9-16)19-15(12-23-24-19)13-25-10-3-11-26-20(25)17-4-1-2-5-18(17)21(26)27/h1-2,4-9,12,20H,3,10-11,13H2,(H,23,24)/t20-/m1/s1. The summed E-state index contributed by atoms with van der Waals surface area (Å²) in [5.41, 5.74) is 4.72. The molecule has 0 spiro atoms. The summed E-state index contributed by atoms with van der Waals surface area (Å²) < 4.78 is 13.3. The van der Waals surface area contributed by atoms with E-state index in [2.05, 4.69) is 15.1 Å². The Hall–Kier alpha value is -2.99. The molecule has 0 saturated carbocycles. The lowest BCUT2D eigenvalue weighted by Gasteiger charge is -2.40. The minimum atomic E-state index is -0.257. The Morgan fingerprint density at radius 1 is 1.11 bits per heavy atom. The van der Waals surface area contributed by atoms with Gasteiger partial charge in [-0.05, 0) is 36.8 Å². The molecule has 27 heavy (non-hydrogen) atoms. The Kier molecular flexibility index (Phi) is 3.79. The number of H-pyrrole nitrogens is 1. The number of rotatable bonds is 3. The van der Waals surface area contributed by atoms with Gasteiger partial charge in [-0.25, -0.2) is 4.39 Å². The van der Waals surface area contributed by atoms with E-state index in [0.717, 1.165) is 47.5 Å². The fraction of sp³-hybridized carbons (Fsp3) is 0.238. The average Bonchev–Trinajstić information content (AvgIpc) is 3.27. The van der Waals surface area contributed by atoms with Crippen LogP contribution in [0.25, 0.3) is 11.3 Å². The first-order valence-corrected chi connectivity index (χ1v) is 9.14. The van der Waals surface area contributed by atoms with Crippen LogP contribution in [0.4, 0.5) is 4.39 Å². The van der Waals surface area contributed by atoms with E-state index in [4.69, 9.17) is 0 Å². The van der Waals surface area contributed by atoms with Gasteiger partial charge in [-0.15, -0.1) is 0 Å². The number of aromatic amines is 1. The lowest BCUT2D eigenvalue weighted by atomic mass is 10.0. The quantitative estimate of drug-likeness (QED) is 0.775.